The zero-order valence-corrected chi connectivity index (χ0v) is 13.5. The SMILES string of the molecule is COc1ccc(-c2cc(=Nc3ccc(C)cc3)ss2)cc1. The lowest BCUT2D eigenvalue weighted by molar-refractivity contribution is 0.415. The number of hydrogen-bond donors (Lipinski definition) is 0. The minimum absolute atomic E-state index is 0.878. The third kappa shape index (κ3) is 3.40. The van der Waals surface area contributed by atoms with Gasteiger partial charge in [0.05, 0.1) is 12.8 Å². The fourth-order valence-electron chi connectivity index (χ4n) is 1.93. The van der Waals surface area contributed by atoms with Crippen molar-refractivity contribution in [3.05, 3.63) is 64.8 Å². The van der Waals surface area contributed by atoms with Gasteiger partial charge < -0.3 is 4.74 Å². The summed E-state index contributed by atoms with van der Waals surface area (Å²) in [6, 6.07) is 18.5. The first-order valence-electron chi connectivity index (χ1n) is 6.60. The Morgan fingerprint density at radius 2 is 1.62 bits per heavy atom. The lowest BCUT2D eigenvalue weighted by Crippen LogP contribution is -1.88. The second kappa shape index (κ2) is 6.24. The number of benzene rings is 2. The molecule has 0 aliphatic rings. The van der Waals surface area contributed by atoms with E-state index in [1.807, 2.05) is 24.3 Å². The van der Waals surface area contributed by atoms with Gasteiger partial charge in [-0.25, -0.2) is 4.99 Å². The van der Waals surface area contributed by atoms with E-state index in [-0.39, 0.29) is 0 Å². The van der Waals surface area contributed by atoms with E-state index in [0.29, 0.717) is 0 Å². The van der Waals surface area contributed by atoms with Gasteiger partial charge in [-0.3, -0.25) is 0 Å². The number of methoxy groups -OCH3 is 1. The van der Waals surface area contributed by atoms with Crippen LogP contribution in [0, 0.1) is 6.92 Å². The fraction of sp³-hybridized carbons (Fsp3) is 0.118. The van der Waals surface area contributed by atoms with Crippen LogP contribution < -0.4 is 9.41 Å². The Labute approximate surface area is 131 Å². The molecular weight excluding hydrogens is 298 g/mol. The molecule has 0 fully saturated rings. The molecule has 0 aliphatic heterocycles. The summed E-state index contributed by atoms with van der Waals surface area (Å²) in [5.41, 5.74) is 3.44. The van der Waals surface area contributed by atoms with E-state index in [9.17, 15) is 0 Å². The Morgan fingerprint density at radius 1 is 0.905 bits per heavy atom. The maximum atomic E-state index is 5.19. The third-order valence-corrected chi connectivity index (χ3v) is 5.42. The Morgan fingerprint density at radius 3 is 2.29 bits per heavy atom. The van der Waals surface area contributed by atoms with Crippen LogP contribution in [0.5, 0.6) is 5.75 Å². The normalized spacial score (nSPS) is 11.6. The summed E-state index contributed by atoms with van der Waals surface area (Å²) < 4.78 is 6.22. The molecule has 2 nitrogen and oxygen atoms in total. The van der Waals surface area contributed by atoms with Gasteiger partial charge in [-0.2, -0.15) is 0 Å². The Bertz CT molecular complexity index is 783. The fourth-order valence-corrected chi connectivity index (χ4v) is 4.10. The first-order chi connectivity index (χ1) is 10.2. The summed E-state index contributed by atoms with van der Waals surface area (Å²) in [5, 5.41) is 0. The van der Waals surface area contributed by atoms with Gasteiger partial charge >= 0.3 is 0 Å². The molecule has 0 atom stereocenters. The van der Waals surface area contributed by atoms with Crippen LogP contribution in [0.3, 0.4) is 0 Å². The van der Waals surface area contributed by atoms with Crippen LogP contribution in [0.2, 0.25) is 0 Å². The molecule has 2 aromatic carbocycles. The van der Waals surface area contributed by atoms with E-state index in [1.165, 1.54) is 16.0 Å². The summed E-state index contributed by atoms with van der Waals surface area (Å²) in [6.07, 6.45) is 0. The van der Waals surface area contributed by atoms with Crippen LogP contribution in [0.25, 0.3) is 10.4 Å². The van der Waals surface area contributed by atoms with Crippen molar-refractivity contribution in [3.63, 3.8) is 0 Å². The second-order valence-corrected chi connectivity index (χ2v) is 6.88. The third-order valence-electron chi connectivity index (χ3n) is 3.12. The zero-order chi connectivity index (χ0) is 14.7. The second-order valence-electron chi connectivity index (χ2n) is 4.69. The van der Waals surface area contributed by atoms with E-state index in [0.717, 1.165) is 16.1 Å². The van der Waals surface area contributed by atoms with Crippen molar-refractivity contribution in [2.75, 3.05) is 7.11 Å². The van der Waals surface area contributed by atoms with Gasteiger partial charge in [-0.15, -0.1) is 0 Å². The molecule has 0 spiro atoms. The first-order valence-corrected chi connectivity index (χ1v) is 8.75. The van der Waals surface area contributed by atoms with E-state index in [1.54, 1.807) is 27.8 Å². The van der Waals surface area contributed by atoms with Gasteiger partial charge in [0.25, 0.3) is 0 Å². The lowest BCUT2D eigenvalue weighted by Gasteiger charge is -2.00. The highest BCUT2D eigenvalue weighted by atomic mass is 32.9. The van der Waals surface area contributed by atoms with Crippen LogP contribution in [0.15, 0.2) is 59.6 Å². The monoisotopic (exact) mass is 313 g/mol. The minimum Gasteiger partial charge on any atom is -0.497 e. The molecule has 21 heavy (non-hydrogen) atoms. The molecule has 0 saturated carbocycles. The lowest BCUT2D eigenvalue weighted by atomic mass is 10.2. The summed E-state index contributed by atoms with van der Waals surface area (Å²) in [5.74, 6) is 0.878. The Hall–Kier alpha value is -1.91. The van der Waals surface area contributed by atoms with Crippen molar-refractivity contribution in [2.45, 2.75) is 6.92 Å². The number of aryl methyl sites for hydroxylation is 1. The van der Waals surface area contributed by atoms with Crippen LogP contribution in [0.4, 0.5) is 5.69 Å². The molecular formula is C17H15NOS2. The molecule has 0 amide bonds. The topological polar surface area (TPSA) is 21.6 Å². The highest BCUT2D eigenvalue weighted by Gasteiger charge is 2.01. The minimum atomic E-state index is 0.878. The van der Waals surface area contributed by atoms with Gasteiger partial charge in [0.1, 0.15) is 10.4 Å². The van der Waals surface area contributed by atoms with E-state index < -0.39 is 0 Å². The molecule has 0 unspecified atom stereocenters. The molecule has 0 radical (unpaired) electrons. The number of rotatable bonds is 3. The van der Waals surface area contributed by atoms with Gasteiger partial charge in [-0.1, -0.05) is 38.4 Å². The van der Waals surface area contributed by atoms with Crippen molar-refractivity contribution in [1.82, 2.24) is 0 Å². The molecule has 4 heteroatoms. The molecule has 0 N–H and O–H groups in total. The predicted octanol–water partition coefficient (Wildman–Crippen LogP) is 5.03. The average Bonchev–Trinajstić information content (AvgIpc) is 2.98. The smallest absolute Gasteiger partial charge is 0.128 e. The van der Waals surface area contributed by atoms with E-state index >= 15 is 0 Å². The van der Waals surface area contributed by atoms with Crippen LogP contribution in [0.1, 0.15) is 5.56 Å². The number of nitrogens with zero attached hydrogens (tertiary/aromatic N) is 1. The number of ether oxygens (including phenoxy) is 1. The van der Waals surface area contributed by atoms with E-state index in [4.69, 9.17) is 4.74 Å². The van der Waals surface area contributed by atoms with Crippen molar-refractivity contribution < 1.29 is 4.74 Å². The summed E-state index contributed by atoms with van der Waals surface area (Å²) in [6.45, 7) is 2.08. The van der Waals surface area contributed by atoms with Crippen LogP contribution >= 0.6 is 20.7 Å². The number of hydrogen-bond acceptors (Lipinski definition) is 4. The molecule has 0 saturated heterocycles. The van der Waals surface area contributed by atoms with Crippen LogP contribution in [-0.4, -0.2) is 7.11 Å². The largest absolute Gasteiger partial charge is 0.497 e. The summed E-state index contributed by atoms with van der Waals surface area (Å²) in [4.78, 5) is 5.90. The van der Waals surface area contributed by atoms with Crippen molar-refractivity contribution >= 4 is 26.4 Å². The van der Waals surface area contributed by atoms with Crippen molar-refractivity contribution in [3.8, 4) is 16.2 Å². The molecule has 0 bridgehead atoms. The summed E-state index contributed by atoms with van der Waals surface area (Å²) >= 11 is 0. The van der Waals surface area contributed by atoms with Crippen molar-refractivity contribution in [1.29, 1.82) is 0 Å². The van der Waals surface area contributed by atoms with Gasteiger partial charge in [0, 0.05) is 4.88 Å². The average molecular weight is 313 g/mol. The summed E-state index contributed by atoms with van der Waals surface area (Å²) in [7, 11) is 5.12. The maximum absolute atomic E-state index is 5.19. The quantitative estimate of drug-likeness (QED) is 0.622. The zero-order valence-electron chi connectivity index (χ0n) is 11.9. The molecule has 1 heterocycles. The van der Waals surface area contributed by atoms with Gasteiger partial charge in [-0.05, 0) is 55.0 Å². The standard InChI is InChI=1S/C17H15NOS2/c1-12-3-7-14(8-4-12)18-17-11-16(20-21-17)13-5-9-15(19-2)10-6-13/h3-11H,1-2H3. The molecule has 3 rings (SSSR count). The molecule has 1 aromatic heterocycles. The first kappa shape index (κ1) is 14.0. The Balaban J connectivity index is 1.90. The molecule has 0 aliphatic carbocycles. The van der Waals surface area contributed by atoms with Gasteiger partial charge in [0.2, 0.25) is 0 Å². The highest BCUT2D eigenvalue weighted by molar-refractivity contribution is 7.69. The maximum Gasteiger partial charge on any atom is 0.128 e. The van der Waals surface area contributed by atoms with Crippen molar-refractivity contribution in [2.24, 2.45) is 4.99 Å². The van der Waals surface area contributed by atoms with Gasteiger partial charge in [0.15, 0.2) is 0 Å². The molecule has 106 valence electrons. The Kier molecular flexibility index (Phi) is 4.18. The predicted molar refractivity (Wildman–Crippen MR) is 90.6 cm³/mol. The highest BCUT2D eigenvalue weighted by Crippen LogP contribution is 2.27. The molecule has 3 aromatic rings. The van der Waals surface area contributed by atoms with Crippen LogP contribution in [-0.2, 0) is 0 Å². The van der Waals surface area contributed by atoms with E-state index in [2.05, 4.69) is 42.2 Å².